The Balaban J connectivity index is 1.74. The SMILES string of the molecule is N#CCOc1ccc(/C=N\NC(=O)CN(c2cccc(Cl)c2)S(=O)(=O)c2ccccc2)cc1. The van der Waals surface area contributed by atoms with Crippen molar-refractivity contribution in [3.05, 3.63) is 89.4 Å². The summed E-state index contributed by atoms with van der Waals surface area (Å²) in [5, 5.41) is 12.8. The van der Waals surface area contributed by atoms with Gasteiger partial charge in [-0.2, -0.15) is 10.4 Å². The van der Waals surface area contributed by atoms with Crippen LogP contribution in [0.1, 0.15) is 5.56 Å². The Kier molecular flexibility index (Phi) is 8.02. The predicted molar refractivity (Wildman–Crippen MR) is 126 cm³/mol. The van der Waals surface area contributed by atoms with Crippen LogP contribution in [0.4, 0.5) is 5.69 Å². The van der Waals surface area contributed by atoms with E-state index in [-0.39, 0.29) is 17.2 Å². The maximum absolute atomic E-state index is 13.2. The van der Waals surface area contributed by atoms with E-state index in [1.54, 1.807) is 60.7 Å². The van der Waals surface area contributed by atoms with Crippen molar-refractivity contribution in [2.45, 2.75) is 4.90 Å². The first-order valence-electron chi connectivity index (χ1n) is 9.65. The Morgan fingerprint density at radius 2 is 1.82 bits per heavy atom. The second kappa shape index (κ2) is 11.1. The van der Waals surface area contributed by atoms with Crippen LogP contribution in [-0.4, -0.2) is 33.7 Å². The summed E-state index contributed by atoms with van der Waals surface area (Å²) in [4.78, 5) is 12.6. The summed E-state index contributed by atoms with van der Waals surface area (Å²) in [6.07, 6.45) is 1.40. The van der Waals surface area contributed by atoms with Gasteiger partial charge in [0.2, 0.25) is 0 Å². The summed E-state index contributed by atoms with van der Waals surface area (Å²) >= 11 is 6.04. The number of nitrogens with zero attached hydrogens (tertiary/aromatic N) is 3. The maximum Gasteiger partial charge on any atom is 0.264 e. The molecule has 0 heterocycles. The number of anilines is 1. The lowest BCUT2D eigenvalue weighted by Gasteiger charge is -2.23. The van der Waals surface area contributed by atoms with Crippen LogP contribution >= 0.6 is 11.6 Å². The molecule has 33 heavy (non-hydrogen) atoms. The number of hydrogen-bond acceptors (Lipinski definition) is 6. The molecule has 1 N–H and O–H groups in total. The van der Waals surface area contributed by atoms with Crippen LogP contribution in [0, 0.1) is 11.3 Å². The minimum absolute atomic E-state index is 0.0417. The molecule has 8 nitrogen and oxygen atoms in total. The quantitative estimate of drug-likeness (QED) is 0.370. The molecule has 0 aliphatic carbocycles. The van der Waals surface area contributed by atoms with Crippen molar-refractivity contribution in [2.24, 2.45) is 5.10 Å². The van der Waals surface area contributed by atoms with Gasteiger partial charge in [0.1, 0.15) is 18.4 Å². The molecule has 3 rings (SSSR count). The number of ether oxygens (including phenoxy) is 1. The topological polar surface area (TPSA) is 112 Å². The average Bonchev–Trinajstić information content (AvgIpc) is 2.82. The lowest BCUT2D eigenvalue weighted by molar-refractivity contribution is -0.119. The van der Waals surface area contributed by atoms with Gasteiger partial charge in [0.15, 0.2) is 6.61 Å². The van der Waals surface area contributed by atoms with E-state index in [1.165, 1.54) is 24.4 Å². The van der Waals surface area contributed by atoms with Crippen LogP contribution in [-0.2, 0) is 14.8 Å². The molecule has 168 valence electrons. The molecule has 1 amide bonds. The summed E-state index contributed by atoms with van der Waals surface area (Å²) in [6, 6.07) is 22.6. The first kappa shape index (κ1) is 23.8. The molecule has 0 atom stereocenters. The fourth-order valence-electron chi connectivity index (χ4n) is 2.78. The Morgan fingerprint density at radius 1 is 1.09 bits per heavy atom. The minimum Gasteiger partial charge on any atom is -0.479 e. The van der Waals surface area contributed by atoms with Gasteiger partial charge < -0.3 is 4.74 Å². The molecule has 0 radical (unpaired) electrons. The molecule has 10 heteroatoms. The highest BCUT2D eigenvalue weighted by Gasteiger charge is 2.27. The normalized spacial score (nSPS) is 11.0. The first-order chi connectivity index (χ1) is 15.9. The van der Waals surface area contributed by atoms with Crippen molar-refractivity contribution >= 4 is 39.4 Å². The van der Waals surface area contributed by atoms with Gasteiger partial charge in [0.05, 0.1) is 16.8 Å². The molecule has 3 aromatic carbocycles. The van der Waals surface area contributed by atoms with E-state index in [1.807, 2.05) is 6.07 Å². The third-order valence-electron chi connectivity index (χ3n) is 4.30. The van der Waals surface area contributed by atoms with Gasteiger partial charge >= 0.3 is 0 Å². The molecule has 0 saturated carbocycles. The van der Waals surface area contributed by atoms with E-state index < -0.39 is 22.5 Å². The molecule has 0 aromatic heterocycles. The summed E-state index contributed by atoms with van der Waals surface area (Å²) in [7, 11) is -4.03. The molecule has 0 aliphatic rings. The van der Waals surface area contributed by atoms with Crippen molar-refractivity contribution in [1.29, 1.82) is 5.26 Å². The van der Waals surface area contributed by atoms with Crippen molar-refractivity contribution in [3.63, 3.8) is 0 Å². The fourth-order valence-corrected chi connectivity index (χ4v) is 4.39. The lowest BCUT2D eigenvalue weighted by Crippen LogP contribution is -2.39. The highest BCUT2D eigenvalue weighted by Crippen LogP contribution is 2.25. The second-order valence-corrected chi connectivity index (χ2v) is 8.91. The van der Waals surface area contributed by atoms with Crippen LogP contribution in [0.25, 0.3) is 0 Å². The highest BCUT2D eigenvalue weighted by molar-refractivity contribution is 7.92. The standard InChI is InChI=1S/C23H19ClN4O4S/c24-19-5-4-6-20(15-19)28(33(30,31)22-7-2-1-3-8-22)17-23(29)27-26-16-18-9-11-21(12-10-18)32-14-13-25/h1-12,15-16H,14,17H2,(H,27,29)/b26-16-. The molecule has 0 aliphatic heterocycles. The lowest BCUT2D eigenvalue weighted by atomic mass is 10.2. The van der Waals surface area contributed by atoms with Crippen LogP contribution in [0.15, 0.2) is 88.9 Å². The third kappa shape index (κ3) is 6.55. The zero-order valence-corrected chi connectivity index (χ0v) is 18.8. The zero-order valence-electron chi connectivity index (χ0n) is 17.3. The summed E-state index contributed by atoms with van der Waals surface area (Å²) in [5.41, 5.74) is 3.25. The van der Waals surface area contributed by atoms with Gasteiger partial charge in [0, 0.05) is 5.02 Å². The molecule has 0 spiro atoms. The number of carbonyl (C=O) groups excluding carboxylic acids is 1. The van der Waals surface area contributed by atoms with E-state index in [0.717, 1.165) is 4.31 Å². The third-order valence-corrected chi connectivity index (χ3v) is 6.32. The van der Waals surface area contributed by atoms with E-state index in [0.29, 0.717) is 16.3 Å². The molecule has 0 unspecified atom stereocenters. The van der Waals surface area contributed by atoms with Gasteiger partial charge in [-0.3, -0.25) is 9.10 Å². The number of amides is 1. The summed E-state index contributed by atoms with van der Waals surface area (Å²) in [5.74, 6) is -0.110. The molecule has 0 saturated heterocycles. The fraction of sp³-hybridized carbons (Fsp3) is 0.0870. The van der Waals surface area contributed by atoms with E-state index in [2.05, 4.69) is 10.5 Å². The van der Waals surface area contributed by atoms with Gasteiger partial charge in [-0.25, -0.2) is 13.8 Å². The number of benzene rings is 3. The predicted octanol–water partition coefficient (Wildman–Crippen LogP) is 3.59. The van der Waals surface area contributed by atoms with Crippen LogP contribution < -0.4 is 14.5 Å². The Labute approximate surface area is 196 Å². The second-order valence-electron chi connectivity index (χ2n) is 6.61. The molecular formula is C23H19ClN4O4S. The molecular weight excluding hydrogens is 464 g/mol. The Morgan fingerprint density at radius 3 is 2.48 bits per heavy atom. The highest BCUT2D eigenvalue weighted by atomic mass is 35.5. The van der Waals surface area contributed by atoms with Gasteiger partial charge in [-0.15, -0.1) is 0 Å². The van der Waals surface area contributed by atoms with Crippen molar-refractivity contribution in [2.75, 3.05) is 17.5 Å². The first-order valence-corrected chi connectivity index (χ1v) is 11.5. The largest absolute Gasteiger partial charge is 0.479 e. The van der Waals surface area contributed by atoms with E-state index in [9.17, 15) is 13.2 Å². The number of rotatable bonds is 9. The molecule has 0 bridgehead atoms. The van der Waals surface area contributed by atoms with Gasteiger partial charge in [-0.1, -0.05) is 35.9 Å². The summed E-state index contributed by atoms with van der Waals surface area (Å²) < 4.78 is 32.6. The molecule has 3 aromatic rings. The van der Waals surface area contributed by atoms with Gasteiger partial charge in [-0.05, 0) is 60.2 Å². The molecule has 0 fully saturated rings. The van der Waals surface area contributed by atoms with Crippen molar-refractivity contribution < 1.29 is 17.9 Å². The Hall–Kier alpha value is -3.87. The summed E-state index contributed by atoms with van der Waals surface area (Å²) in [6.45, 7) is -0.561. The van der Waals surface area contributed by atoms with Crippen LogP contribution in [0.5, 0.6) is 5.75 Å². The average molecular weight is 483 g/mol. The number of hydrazone groups is 1. The number of carbonyl (C=O) groups is 1. The monoisotopic (exact) mass is 482 g/mol. The number of sulfonamides is 1. The van der Waals surface area contributed by atoms with E-state index >= 15 is 0 Å². The Bertz CT molecular complexity index is 1270. The number of halogens is 1. The zero-order chi connectivity index (χ0) is 23.7. The number of nitriles is 1. The van der Waals surface area contributed by atoms with Crippen molar-refractivity contribution in [1.82, 2.24) is 5.43 Å². The number of nitrogens with one attached hydrogen (secondary N) is 1. The van der Waals surface area contributed by atoms with Crippen molar-refractivity contribution in [3.8, 4) is 11.8 Å². The number of hydrogen-bond donors (Lipinski definition) is 1. The maximum atomic E-state index is 13.2. The minimum atomic E-state index is -4.03. The van der Waals surface area contributed by atoms with E-state index in [4.69, 9.17) is 21.6 Å². The smallest absolute Gasteiger partial charge is 0.264 e. The van der Waals surface area contributed by atoms with Crippen LogP contribution in [0.3, 0.4) is 0 Å². The van der Waals surface area contributed by atoms with Crippen LogP contribution in [0.2, 0.25) is 5.02 Å². The van der Waals surface area contributed by atoms with Gasteiger partial charge in [0.25, 0.3) is 15.9 Å².